The SMILES string of the molecule is N#Cc1ccccc1S(=O)(=O)N1CCN(C(=O)CCc2ccc(Br)cc2F)CC1. The van der Waals surface area contributed by atoms with Gasteiger partial charge in [0.1, 0.15) is 11.9 Å². The number of rotatable bonds is 5. The zero-order valence-corrected chi connectivity index (χ0v) is 17.9. The Morgan fingerprint density at radius 2 is 1.83 bits per heavy atom. The summed E-state index contributed by atoms with van der Waals surface area (Å²) in [5.41, 5.74) is 0.568. The second-order valence-electron chi connectivity index (χ2n) is 6.63. The topological polar surface area (TPSA) is 81.5 Å². The third-order valence-electron chi connectivity index (χ3n) is 4.84. The molecule has 0 spiro atoms. The van der Waals surface area contributed by atoms with Crippen molar-refractivity contribution in [1.82, 2.24) is 9.21 Å². The van der Waals surface area contributed by atoms with Gasteiger partial charge in [0.25, 0.3) is 0 Å². The molecule has 1 aliphatic rings. The molecule has 0 N–H and O–H groups in total. The molecule has 29 heavy (non-hydrogen) atoms. The van der Waals surface area contributed by atoms with Crippen LogP contribution in [0.5, 0.6) is 0 Å². The average Bonchev–Trinajstić information content (AvgIpc) is 2.73. The first-order valence-electron chi connectivity index (χ1n) is 9.04. The van der Waals surface area contributed by atoms with E-state index in [1.165, 1.54) is 22.5 Å². The van der Waals surface area contributed by atoms with Crippen LogP contribution < -0.4 is 0 Å². The number of nitriles is 1. The van der Waals surface area contributed by atoms with Gasteiger partial charge in [-0.05, 0) is 36.2 Å². The van der Waals surface area contributed by atoms with E-state index in [1.54, 1.807) is 29.2 Å². The number of hydrogen-bond donors (Lipinski definition) is 0. The number of amides is 1. The Morgan fingerprint density at radius 1 is 1.14 bits per heavy atom. The normalized spacial score (nSPS) is 15.1. The molecule has 6 nitrogen and oxygen atoms in total. The highest BCUT2D eigenvalue weighted by Crippen LogP contribution is 2.22. The zero-order chi connectivity index (χ0) is 21.0. The number of carbonyl (C=O) groups is 1. The van der Waals surface area contributed by atoms with E-state index in [2.05, 4.69) is 15.9 Å². The van der Waals surface area contributed by atoms with E-state index in [1.807, 2.05) is 6.07 Å². The second kappa shape index (κ2) is 9.03. The monoisotopic (exact) mass is 479 g/mol. The van der Waals surface area contributed by atoms with Gasteiger partial charge < -0.3 is 4.90 Å². The number of halogens is 2. The fraction of sp³-hybridized carbons (Fsp3) is 0.300. The third kappa shape index (κ3) is 4.83. The van der Waals surface area contributed by atoms with Crippen LogP contribution in [0, 0.1) is 17.1 Å². The number of aryl methyl sites for hydroxylation is 1. The summed E-state index contributed by atoms with van der Waals surface area (Å²) >= 11 is 3.20. The maximum absolute atomic E-state index is 13.9. The molecule has 2 aromatic carbocycles. The summed E-state index contributed by atoms with van der Waals surface area (Å²) in [6, 6.07) is 12.7. The highest BCUT2D eigenvalue weighted by Gasteiger charge is 2.31. The summed E-state index contributed by atoms with van der Waals surface area (Å²) in [7, 11) is -3.80. The van der Waals surface area contributed by atoms with Gasteiger partial charge in [0.15, 0.2) is 0 Å². The lowest BCUT2D eigenvalue weighted by molar-refractivity contribution is -0.132. The maximum atomic E-state index is 13.9. The first kappa shape index (κ1) is 21.4. The van der Waals surface area contributed by atoms with Crippen molar-refractivity contribution in [3.8, 4) is 6.07 Å². The molecule has 0 bridgehead atoms. The van der Waals surface area contributed by atoms with Gasteiger partial charge in [-0.2, -0.15) is 9.57 Å². The number of sulfonamides is 1. The van der Waals surface area contributed by atoms with Crippen molar-refractivity contribution in [3.63, 3.8) is 0 Å². The van der Waals surface area contributed by atoms with Crippen LogP contribution in [0.15, 0.2) is 51.8 Å². The molecule has 152 valence electrons. The first-order valence-corrected chi connectivity index (χ1v) is 11.3. The lowest BCUT2D eigenvalue weighted by Gasteiger charge is -2.34. The minimum Gasteiger partial charge on any atom is -0.340 e. The molecule has 0 saturated carbocycles. The van der Waals surface area contributed by atoms with Gasteiger partial charge in [0, 0.05) is 37.1 Å². The van der Waals surface area contributed by atoms with Gasteiger partial charge in [-0.3, -0.25) is 4.79 Å². The van der Waals surface area contributed by atoms with Crippen molar-refractivity contribution in [3.05, 3.63) is 63.9 Å². The Bertz CT molecular complexity index is 1060. The van der Waals surface area contributed by atoms with Crippen molar-refractivity contribution in [2.24, 2.45) is 0 Å². The second-order valence-corrected chi connectivity index (χ2v) is 9.45. The predicted molar refractivity (Wildman–Crippen MR) is 109 cm³/mol. The van der Waals surface area contributed by atoms with Crippen molar-refractivity contribution >= 4 is 31.9 Å². The Balaban J connectivity index is 1.60. The Labute approximate surface area is 177 Å². The molecule has 3 rings (SSSR count). The van der Waals surface area contributed by atoms with Gasteiger partial charge in [0.05, 0.1) is 10.5 Å². The van der Waals surface area contributed by atoms with Crippen LogP contribution in [-0.4, -0.2) is 49.7 Å². The van der Waals surface area contributed by atoms with E-state index in [4.69, 9.17) is 5.26 Å². The number of piperazine rings is 1. The molecule has 1 heterocycles. The molecule has 1 fully saturated rings. The van der Waals surface area contributed by atoms with Crippen LogP contribution in [0.25, 0.3) is 0 Å². The molecule has 9 heteroatoms. The molecule has 0 radical (unpaired) electrons. The Morgan fingerprint density at radius 3 is 2.48 bits per heavy atom. The van der Waals surface area contributed by atoms with Gasteiger partial charge in [-0.1, -0.05) is 34.1 Å². The summed E-state index contributed by atoms with van der Waals surface area (Å²) < 4.78 is 41.5. The average molecular weight is 480 g/mol. The van der Waals surface area contributed by atoms with Gasteiger partial charge in [-0.15, -0.1) is 0 Å². The Kier molecular flexibility index (Phi) is 6.67. The van der Waals surface area contributed by atoms with E-state index >= 15 is 0 Å². The van der Waals surface area contributed by atoms with Crippen LogP contribution in [0.2, 0.25) is 0 Å². The predicted octanol–water partition coefficient (Wildman–Crippen LogP) is 2.93. The van der Waals surface area contributed by atoms with Crippen molar-refractivity contribution < 1.29 is 17.6 Å². The zero-order valence-electron chi connectivity index (χ0n) is 15.5. The van der Waals surface area contributed by atoms with Gasteiger partial charge in [0.2, 0.25) is 15.9 Å². The number of hydrogen-bond acceptors (Lipinski definition) is 4. The lowest BCUT2D eigenvalue weighted by Crippen LogP contribution is -2.50. The van der Waals surface area contributed by atoms with Crippen LogP contribution in [0.3, 0.4) is 0 Å². The summed E-state index contributed by atoms with van der Waals surface area (Å²) in [5, 5.41) is 9.17. The molecule has 0 unspecified atom stereocenters. The summed E-state index contributed by atoms with van der Waals surface area (Å²) in [6.45, 7) is 0.826. The van der Waals surface area contributed by atoms with Crippen molar-refractivity contribution in [1.29, 1.82) is 5.26 Å². The number of carbonyl (C=O) groups excluding carboxylic acids is 1. The van der Waals surface area contributed by atoms with Gasteiger partial charge in [-0.25, -0.2) is 12.8 Å². The number of nitrogens with zero attached hydrogens (tertiary/aromatic N) is 3. The van der Waals surface area contributed by atoms with E-state index in [0.29, 0.717) is 10.0 Å². The lowest BCUT2D eigenvalue weighted by atomic mass is 10.1. The molecule has 1 amide bonds. The van der Waals surface area contributed by atoms with Crippen molar-refractivity contribution in [2.45, 2.75) is 17.7 Å². The number of benzene rings is 2. The minimum atomic E-state index is -3.80. The molecule has 0 atom stereocenters. The molecule has 1 saturated heterocycles. The highest BCUT2D eigenvalue weighted by molar-refractivity contribution is 9.10. The van der Waals surface area contributed by atoms with Crippen molar-refractivity contribution in [2.75, 3.05) is 26.2 Å². The fourth-order valence-electron chi connectivity index (χ4n) is 3.23. The molecule has 1 aliphatic heterocycles. The minimum absolute atomic E-state index is 0.0204. The van der Waals surface area contributed by atoms with E-state index < -0.39 is 10.0 Å². The smallest absolute Gasteiger partial charge is 0.244 e. The third-order valence-corrected chi connectivity index (χ3v) is 7.29. The maximum Gasteiger partial charge on any atom is 0.244 e. The highest BCUT2D eigenvalue weighted by atomic mass is 79.9. The quantitative estimate of drug-likeness (QED) is 0.659. The standard InChI is InChI=1S/C20H19BrFN3O3S/c21-17-7-5-15(18(22)13-17)6-8-20(26)24-9-11-25(12-10-24)29(27,28)19-4-2-1-3-16(19)14-23/h1-5,7,13H,6,8-12H2. The Hall–Kier alpha value is -2.28. The van der Waals surface area contributed by atoms with E-state index in [0.717, 1.165) is 0 Å². The molecule has 2 aromatic rings. The molecule has 0 aliphatic carbocycles. The molecule has 0 aromatic heterocycles. The fourth-order valence-corrected chi connectivity index (χ4v) is 5.12. The summed E-state index contributed by atoms with van der Waals surface area (Å²) in [4.78, 5) is 14.0. The summed E-state index contributed by atoms with van der Waals surface area (Å²) in [5.74, 6) is -0.499. The van der Waals surface area contributed by atoms with Crippen LogP contribution in [-0.2, 0) is 21.2 Å². The largest absolute Gasteiger partial charge is 0.340 e. The van der Waals surface area contributed by atoms with E-state index in [9.17, 15) is 17.6 Å². The molecular formula is C20H19BrFN3O3S. The van der Waals surface area contributed by atoms with Crippen LogP contribution in [0.4, 0.5) is 4.39 Å². The first-order chi connectivity index (χ1) is 13.8. The summed E-state index contributed by atoms with van der Waals surface area (Å²) in [6.07, 6.45) is 0.439. The molecular weight excluding hydrogens is 461 g/mol. The van der Waals surface area contributed by atoms with Gasteiger partial charge >= 0.3 is 0 Å². The van der Waals surface area contributed by atoms with Crippen LogP contribution >= 0.6 is 15.9 Å². The van der Waals surface area contributed by atoms with Crippen LogP contribution in [0.1, 0.15) is 17.5 Å². The van der Waals surface area contributed by atoms with E-state index in [-0.39, 0.29) is 61.2 Å².